The molecule has 1 aliphatic rings. The summed E-state index contributed by atoms with van der Waals surface area (Å²) in [6.07, 6.45) is 0.862. The van der Waals surface area contributed by atoms with E-state index in [9.17, 15) is 9.59 Å². The van der Waals surface area contributed by atoms with Crippen LogP contribution < -0.4 is 4.74 Å². The van der Waals surface area contributed by atoms with Gasteiger partial charge < -0.3 is 9.64 Å². The number of carbonyl (C=O) groups excluding carboxylic acids is 2. The number of nitriles is 1. The standard InChI is InChI=1S/C16H18N2O3/c1-11-7-13(9-17)8-12(2)16(11)21-10-15(20)18-5-3-14(19)4-6-18/h7-8H,3-6,10H2,1-2H3. The molecule has 110 valence electrons. The fraction of sp³-hybridized carbons (Fsp3) is 0.438. The van der Waals surface area contributed by atoms with Crippen LogP contribution in [0.3, 0.4) is 0 Å². The maximum atomic E-state index is 12.1. The van der Waals surface area contributed by atoms with Gasteiger partial charge in [0.1, 0.15) is 11.5 Å². The SMILES string of the molecule is Cc1cc(C#N)cc(C)c1OCC(=O)N1CCC(=O)CC1. The number of hydrogen-bond acceptors (Lipinski definition) is 4. The average Bonchev–Trinajstić information content (AvgIpc) is 2.46. The van der Waals surface area contributed by atoms with Gasteiger partial charge in [0.2, 0.25) is 0 Å². The lowest BCUT2D eigenvalue weighted by atomic mass is 10.1. The van der Waals surface area contributed by atoms with Gasteiger partial charge in [-0.25, -0.2) is 0 Å². The first kappa shape index (κ1) is 15.0. The van der Waals surface area contributed by atoms with E-state index in [1.165, 1.54) is 0 Å². The Morgan fingerprint density at radius 3 is 2.38 bits per heavy atom. The Hall–Kier alpha value is -2.35. The van der Waals surface area contributed by atoms with Crippen LogP contribution in [-0.4, -0.2) is 36.3 Å². The minimum Gasteiger partial charge on any atom is -0.483 e. The zero-order valence-corrected chi connectivity index (χ0v) is 12.3. The van der Waals surface area contributed by atoms with E-state index in [-0.39, 0.29) is 18.3 Å². The molecule has 5 heteroatoms. The third-order valence-electron chi connectivity index (χ3n) is 3.60. The van der Waals surface area contributed by atoms with Crippen LogP contribution in [-0.2, 0) is 9.59 Å². The Bertz CT molecular complexity index is 583. The van der Waals surface area contributed by atoms with E-state index in [2.05, 4.69) is 6.07 Å². The van der Waals surface area contributed by atoms with Gasteiger partial charge in [-0.1, -0.05) is 0 Å². The van der Waals surface area contributed by atoms with Crippen molar-refractivity contribution in [3.8, 4) is 11.8 Å². The summed E-state index contributed by atoms with van der Waals surface area (Å²) in [7, 11) is 0. The summed E-state index contributed by atoms with van der Waals surface area (Å²) >= 11 is 0. The maximum absolute atomic E-state index is 12.1. The maximum Gasteiger partial charge on any atom is 0.260 e. The van der Waals surface area contributed by atoms with Crippen LogP contribution in [0.15, 0.2) is 12.1 Å². The van der Waals surface area contributed by atoms with Crippen molar-refractivity contribution in [3.63, 3.8) is 0 Å². The number of benzene rings is 1. The van der Waals surface area contributed by atoms with Gasteiger partial charge in [0.15, 0.2) is 6.61 Å². The van der Waals surface area contributed by atoms with Gasteiger partial charge in [-0.15, -0.1) is 0 Å². The molecule has 2 rings (SSSR count). The highest BCUT2D eigenvalue weighted by molar-refractivity contribution is 5.84. The van der Waals surface area contributed by atoms with Crippen molar-refractivity contribution in [2.45, 2.75) is 26.7 Å². The molecule has 0 unspecified atom stereocenters. The lowest BCUT2D eigenvalue weighted by Crippen LogP contribution is -2.41. The number of hydrogen-bond donors (Lipinski definition) is 0. The number of Topliss-reactive ketones (excluding diaryl/α,β-unsaturated/α-hetero) is 1. The predicted octanol–water partition coefficient (Wildman–Crippen LogP) is 1.75. The van der Waals surface area contributed by atoms with E-state index in [0.717, 1.165) is 11.1 Å². The van der Waals surface area contributed by atoms with Gasteiger partial charge in [-0.3, -0.25) is 9.59 Å². The highest BCUT2D eigenvalue weighted by Gasteiger charge is 2.21. The van der Waals surface area contributed by atoms with E-state index in [1.54, 1.807) is 17.0 Å². The summed E-state index contributed by atoms with van der Waals surface area (Å²) in [6.45, 7) is 4.63. The Balaban J connectivity index is 1.99. The molecule has 0 aromatic heterocycles. The molecule has 1 saturated heterocycles. The van der Waals surface area contributed by atoms with E-state index in [1.807, 2.05) is 13.8 Å². The van der Waals surface area contributed by atoms with Gasteiger partial charge in [-0.05, 0) is 37.1 Å². The fourth-order valence-electron chi connectivity index (χ4n) is 2.47. The quantitative estimate of drug-likeness (QED) is 0.848. The first-order chi connectivity index (χ1) is 10.0. The van der Waals surface area contributed by atoms with Crippen molar-refractivity contribution in [1.29, 1.82) is 5.26 Å². The molecule has 1 heterocycles. The molecule has 0 radical (unpaired) electrons. The van der Waals surface area contributed by atoms with Gasteiger partial charge in [0, 0.05) is 25.9 Å². The van der Waals surface area contributed by atoms with E-state index in [4.69, 9.17) is 10.00 Å². The van der Waals surface area contributed by atoms with Gasteiger partial charge >= 0.3 is 0 Å². The first-order valence-corrected chi connectivity index (χ1v) is 6.95. The summed E-state index contributed by atoms with van der Waals surface area (Å²) in [5, 5.41) is 8.91. The lowest BCUT2D eigenvalue weighted by Gasteiger charge is -2.26. The zero-order chi connectivity index (χ0) is 15.4. The van der Waals surface area contributed by atoms with Crippen molar-refractivity contribution in [2.24, 2.45) is 0 Å². The second-order valence-corrected chi connectivity index (χ2v) is 5.26. The molecule has 1 amide bonds. The zero-order valence-electron chi connectivity index (χ0n) is 12.3. The molecule has 0 N–H and O–H groups in total. The minimum atomic E-state index is -0.106. The second-order valence-electron chi connectivity index (χ2n) is 5.26. The monoisotopic (exact) mass is 286 g/mol. The summed E-state index contributed by atoms with van der Waals surface area (Å²) in [6, 6.07) is 5.58. The summed E-state index contributed by atoms with van der Waals surface area (Å²) < 4.78 is 5.62. The Morgan fingerprint density at radius 1 is 1.29 bits per heavy atom. The third kappa shape index (κ3) is 3.60. The minimum absolute atomic E-state index is 0.0399. The number of nitrogens with zero attached hydrogens (tertiary/aromatic N) is 2. The van der Waals surface area contributed by atoms with Crippen LogP contribution in [0.5, 0.6) is 5.75 Å². The van der Waals surface area contributed by atoms with Crippen LogP contribution in [0.25, 0.3) is 0 Å². The molecule has 0 atom stereocenters. The number of amides is 1. The molecule has 1 aromatic carbocycles. The Morgan fingerprint density at radius 2 is 1.86 bits per heavy atom. The topological polar surface area (TPSA) is 70.4 Å². The number of likely N-dealkylation sites (tertiary alicyclic amines) is 1. The number of piperidine rings is 1. The van der Waals surface area contributed by atoms with Crippen LogP contribution in [0.4, 0.5) is 0 Å². The van der Waals surface area contributed by atoms with E-state index in [0.29, 0.717) is 37.2 Å². The first-order valence-electron chi connectivity index (χ1n) is 6.95. The molecule has 1 aliphatic heterocycles. The van der Waals surface area contributed by atoms with Crippen molar-refractivity contribution < 1.29 is 14.3 Å². The smallest absolute Gasteiger partial charge is 0.260 e. The lowest BCUT2D eigenvalue weighted by molar-refractivity contribution is -0.136. The van der Waals surface area contributed by atoms with Crippen molar-refractivity contribution in [2.75, 3.05) is 19.7 Å². The van der Waals surface area contributed by atoms with Crippen molar-refractivity contribution in [1.82, 2.24) is 4.90 Å². The molecule has 0 bridgehead atoms. The molecule has 0 spiro atoms. The Kier molecular flexibility index (Phi) is 4.59. The van der Waals surface area contributed by atoms with Crippen molar-refractivity contribution in [3.05, 3.63) is 28.8 Å². The van der Waals surface area contributed by atoms with Gasteiger partial charge in [0.05, 0.1) is 11.6 Å². The number of ketones is 1. The van der Waals surface area contributed by atoms with Crippen LogP contribution >= 0.6 is 0 Å². The molecule has 1 aromatic rings. The third-order valence-corrected chi connectivity index (χ3v) is 3.60. The van der Waals surface area contributed by atoms with E-state index >= 15 is 0 Å². The number of aryl methyl sites for hydroxylation is 2. The second kappa shape index (κ2) is 6.40. The highest BCUT2D eigenvalue weighted by Crippen LogP contribution is 2.24. The molecule has 1 fully saturated rings. The number of carbonyl (C=O) groups is 2. The molecule has 21 heavy (non-hydrogen) atoms. The summed E-state index contributed by atoms with van der Waals surface area (Å²) in [5.41, 5.74) is 2.26. The summed E-state index contributed by atoms with van der Waals surface area (Å²) in [5.74, 6) is 0.750. The largest absolute Gasteiger partial charge is 0.483 e. The molecular formula is C16H18N2O3. The Labute approximate surface area is 124 Å². The average molecular weight is 286 g/mol. The van der Waals surface area contributed by atoms with Crippen molar-refractivity contribution >= 4 is 11.7 Å². The van der Waals surface area contributed by atoms with Crippen LogP contribution in [0, 0.1) is 25.2 Å². The molecule has 5 nitrogen and oxygen atoms in total. The van der Waals surface area contributed by atoms with E-state index < -0.39 is 0 Å². The summed E-state index contributed by atoms with van der Waals surface area (Å²) in [4.78, 5) is 24.9. The molecular weight excluding hydrogens is 268 g/mol. The fourth-order valence-corrected chi connectivity index (χ4v) is 2.47. The normalized spacial score (nSPS) is 14.7. The van der Waals surface area contributed by atoms with Gasteiger partial charge in [0.25, 0.3) is 5.91 Å². The predicted molar refractivity (Wildman–Crippen MR) is 76.9 cm³/mol. The number of rotatable bonds is 3. The van der Waals surface area contributed by atoms with Crippen LogP contribution in [0.2, 0.25) is 0 Å². The van der Waals surface area contributed by atoms with Crippen LogP contribution in [0.1, 0.15) is 29.5 Å². The highest BCUT2D eigenvalue weighted by atomic mass is 16.5. The number of ether oxygens (including phenoxy) is 1. The molecule has 0 saturated carbocycles. The molecule has 0 aliphatic carbocycles. The van der Waals surface area contributed by atoms with Gasteiger partial charge in [-0.2, -0.15) is 5.26 Å².